The number of ketones is 1. The molecule has 0 saturated carbocycles. The van der Waals surface area contributed by atoms with E-state index in [4.69, 9.17) is 0 Å². The fourth-order valence-corrected chi connectivity index (χ4v) is 1.38. The average Bonchev–Trinajstić information content (AvgIpc) is 2.44. The van der Waals surface area contributed by atoms with Gasteiger partial charge in [0.15, 0.2) is 0 Å². The molecule has 0 bridgehead atoms. The third kappa shape index (κ3) is 1.38. The lowest BCUT2D eigenvalue weighted by Crippen LogP contribution is -2.31. The summed E-state index contributed by atoms with van der Waals surface area (Å²) in [5.74, 6) is -2.15. The van der Waals surface area contributed by atoms with Gasteiger partial charge in [0.2, 0.25) is 0 Å². The van der Waals surface area contributed by atoms with Gasteiger partial charge in [-0.3, -0.25) is 9.59 Å². The zero-order valence-electron chi connectivity index (χ0n) is 7.89. The lowest BCUT2D eigenvalue weighted by atomic mass is 10.1. The number of anilines is 1. The molecule has 0 fully saturated rings. The summed E-state index contributed by atoms with van der Waals surface area (Å²) in [6.45, 7) is 1.17. The maximum Gasteiger partial charge on any atom is 0.332 e. The molecular formula is C10H7NO4. The van der Waals surface area contributed by atoms with Crippen molar-refractivity contribution >= 4 is 23.3 Å². The van der Waals surface area contributed by atoms with Gasteiger partial charge in [-0.05, 0) is 12.1 Å². The highest BCUT2D eigenvalue weighted by Crippen LogP contribution is 2.28. The van der Waals surface area contributed by atoms with E-state index in [1.54, 1.807) is 18.2 Å². The van der Waals surface area contributed by atoms with Crippen LogP contribution in [0.25, 0.3) is 0 Å². The molecule has 1 aromatic rings. The van der Waals surface area contributed by atoms with Gasteiger partial charge in [0.25, 0.3) is 5.78 Å². The molecule has 15 heavy (non-hydrogen) atoms. The number of fused-ring (bicyclic) bond motifs is 1. The number of hydrogen-bond acceptors (Lipinski definition) is 4. The average molecular weight is 205 g/mol. The van der Waals surface area contributed by atoms with Gasteiger partial charge < -0.3 is 4.84 Å². The monoisotopic (exact) mass is 205 g/mol. The minimum atomic E-state index is -0.841. The van der Waals surface area contributed by atoms with Crippen LogP contribution in [-0.4, -0.2) is 17.7 Å². The number of carbonyl (C=O) groups is 3. The molecule has 1 aliphatic rings. The molecular weight excluding hydrogens is 198 g/mol. The fraction of sp³-hybridized carbons (Fsp3) is 0.100. The van der Waals surface area contributed by atoms with Gasteiger partial charge in [0.05, 0.1) is 11.3 Å². The molecule has 0 unspecified atom stereocenters. The molecule has 1 aliphatic heterocycles. The summed E-state index contributed by atoms with van der Waals surface area (Å²) in [5, 5.41) is 0.722. The van der Waals surface area contributed by atoms with Crippen molar-refractivity contribution in [2.45, 2.75) is 6.92 Å². The van der Waals surface area contributed by atoms with E-state index in [0.717, 1.165) is 5.06 Å². The Morgan fingerprint density at radius 1 is 1.27 bits per heavy atom. The second-order valence-corrected chi connectivity index (χ2v) is 3.03. The minimum absolute atomic E-state index is 0.253. The highest BCUT2D eigenvalue weighted by Gasteiger charge is 2.37. The van der Waals surface area contributed by atoms with E-state index < -0.39 is 17.7 Å². The van der Waals surface area contributed by atoms with E-state index >= 15 is 0 Å². The topological polar surface area (TPSA) is 63.7 Å². The molecule has 76 valence electrons. The largest absolute Gasteiger partial charge is 0.333 e. The Morgan fingerprint density at radius 2 is 1.93 bits per heavy atom. The Balaban J connectivity index is 2.47. The Bertz CT molecular complexity index is 466. The van der Waals surface area contributed by atoms with Crippen molar-refractivity contribution in [3.05, 3.63) is 29.8 Å². The van der Waals surface area contributed by atoms with Crippen LogP contribution in [0.4, 0.5) is 5.69 Å². The Labute approximate surface area is 85.2 Å². The first-order valence-electron chi connectivity index (χ1n) is 4.27. The number of para-hydroxylation sites is 1. The predicted octanol–water partition coefficient (Wildman–Crippen LogP) is 0.694. The summed E-state index contributed by atoms with van der Waals surface area (Å²) in [5.41, 5.74) is 0.562. The lowest BCUT2D eigenvalue weighted by Gasteiger charge is -2.13. The Kier molecular flexibility index (Phi) is 2.00. The van der Waals surface area contributed by atoms with Crippen molar-refractivity contribution in [2.24, 2.45) is 0 Å². The second kappa shape index (κ2) is 3.20. The minimum Gasteiger partial charge on any atom is -0.333 e. The number of hydrogen-bond donors (Lipinski definition) is 0. The van der Waals surface area contributed by atoms with Crippen LogP contribution in [0.2, 0.25) is 0 Å². The van der Waals surface area contributed by atoms with Crippen LogP contribution in [0.3, 0.4) is 0 Å². The van der Waals surface area contributed by atoms with E-state index in [1.807, 2.05) is 0 Å². The van der Waals surface area contributed by atoms with Crippen molar-refractivity contribution in [1.29, 1.82) is 0 Å². The molecule has 1 heterocycles. The summed E-state index contributed by atoms with van der Waals surface area (Å²) in [7, 11) is 0. The molecule has 5 nitrogen and oxygen atoms in total. The van der Waals surface area contributed by atoms with E-state index in [2.05, 4.69) is 4.84 Å². The molecule has 1 aromatic carbocycles. The first-order chi connectivity index (χ1) is 7.11. The number of nitrogens with zero attached hydrogens (tertiary/aromatic N) is 1. The van der Waals surface area contributed by atoms with Crippen LogP contribution in [-0.2, 0) is 14.4 Å². The molecule has 0 aromatic heterocycles. The Morgan fingerprint density at radius 3 is 2.60 bits per heavy atom. The zero-order valence-corrected chi connectivity index (χ0v) is 7.89. The molecule has 0 radical (unpaired) electrons. The molecule has 0 saturated heterocycles. The van der Waals surface area contributed by atoms with Crippen LogP contribution >= 0.6 is 0 Å². The first-order valence-corrected chi connectivity index (χ1v) is 4.27. The molecule has 1 amide bonds. The summed E-state index contributed by atoms with van der Waals surface area (Å²) >= 11 is 0. The van der Waals surface area contributed by atoms with E-state index in [9.17, 15) is 14.4 Å². The van der Waals surface area contributed by atoms with Crippen LogP contribution in [0.1, 0.15) is 17.3 Å². The first kappa shape index (κ1) is 9.39. The number of rotatable bonds is 1. The lowest BCUT2D eigenvalue weighted by molar-refractivity contribution is -0.146. The van der Waals surface area contributed by atoms with Gasteiger partial charge in [0.1, 0.15) is 0 Å². The predicted molar refractivity (Wildman–Crippen MR) is 50.0 cm³/mol. The van der Waals surface area contributed by atoms with Gasteiger partial charge in [-0.2, -0.15) is 0 Å². The van der Waals surface area contributed by atoms with E-state index in [1.165, 1.54) is 13.0 Å². The normalized spacial score (nSPS) is 14.1. The maximum absolute atomic E-state index is 11.4. The summed E-state index contributed by atoms with van der Waals surface area (Å²) < 4.78 is 0. The van der Waals surface area contributed by atoms with Crippen LogP contribution in [0.15, 0.2) is 24.3 Å². The molecule has 0 aliphatic carbocycles. The smallest absolute Gasteiger partial charge is 0.332 e. The number of hydroxylamine groups is 1. The molecule has 0 N–H and O–H groups in total. The van der Waals surface area contributed by atoms with Crippen molar-refractivity contribution in [3.8, 4) is 0 Å². The quantitative estimate of drug-likeness (QED) is 0.633. The third-order valence-corrected chi connectivity index (χ3v) is 1.97. The van der Waals surface area contributed by atoms with Gasteiger partial charge in [-0.15, -0.1) is 5.06 Å². The summed E-state index contributed by atoms with van der Waals surface area (Å²) in [4.78, 5) is 38.2. The molecule has 0 atom stereocenters. The highest BCUT2D eigenvalue weighted by molar-refractivity contribution is 6.51. The van der Waals surface area contributed by atoms with Crippen molar-refractivity contribution in [1.82, 2.24) is 0 Å². The standard InChI is InChI=1S/C10H7NO4/c1-6(12)15-11-8-5-3-2-4-7(8)9(13)10(11)14/h2-5H,1H3. The fourth-order valence-electron chi connectivity index (χ4n) is 1.38. The maximum atomic E-state index is 11.4. The highest BCUT2D eigenvalue weighted by atomic mass is 16.7. The summed E-state index contributed by atoms with van der Waals surface area (Å²) in [6.07, 6.45) is 0. The SMILES string of the molecule is CC(=O)ON1C(=O)C(=O)c2ccccc21. The number of benzene rings is 1. The Hall–Kier alpha value is -2.17. The van der Waals surface area contributed by atoms with Crippen molar-refractivity contribution in [3.63, 3.8) is 0 Å². The molecule has 2 rings (SSSR count). The summed E-state index contributed by atoms with van der Waals surface area (Å²) in [6, 6.07) is 6.35. The second-order valence-electron chi connectivity index (χ2n) is 3.03. The van der Waals surface area contributed by atoms with Gasteiger partial charge in [-0.25, -0.2) is 4.79 Å². The number of carbonyl (C=O) groups excluding carboxylic acids is 3. The third-order valence-electron chi connectivity index (χ3n) is 1.97. The van der Waals surface area contributed by atoms with Crippen LogP contribution in [0, 0.1) is 0 Å². The van der Waals surface area contributed by atoms with Crippen molar-refractivity contribution in [2.75, 3.05) is 5.06 Å². The number of amides is 1. The van der Waals surface area contributed by atoms with Gasteiger partial charge in [-0.1, -0.05) is 12.1 Å². The van der Waals surface area contributed by atoms with E-state index in [-0.39, 0.29) is 5.56 Å². The molecule has 5 heteroatoms. The molecule has 0 spiro atoms. The van der Waals surface area contributed by atoms with Crippen molar-refractivity contribution < 1.29 is 19.2 Å². The van der Waals surface area contributed by atoms with E-state index in [0.29, 0.717) is 5.69 Å². The number of Topliss-reactive ketones (excluding diaryl/α,β-unsaturated/α-hetero) is 1. The zero-order chi connectivity index (χ0) is 11.0. The van der Waals surface area contributed by atoms with Gasteiger partial charge in [0, 0.05) is 6.92 Å². The van der Waals surface area contributed by atoms with Crippen LogP contribution < -0.4 is 5.06 Å². The van der Waals surface area contributed by atoms with Crippen LogP contribution in [0.5, 0.6) is 0 Å². The van der Waals surface area contributed by atoms with Gasteiger partial charge >= 0.3 is 11.9 Å².